The van der Waals surface area contributed by atoms with E-state index in [9.17, 15) is 9.59 Å². The zero-order valence-corrected chi connectivity index (χ0v) is 15.1. The van der Waals surface area contributed by atoms with E-state index < -0.39 is 6.04 Å². The van der Waals surface area contributed by atoms with Crippen molar-refractivity contribution in [3.05, 3.63) is 52.2 Å². The third-order valence-electron chi connectivity index (χ3n) is 4.26. The number of hydrogen-bond acceptors (Lipinski definition) is 4. The van der Waals surface area contributed by atoms with Crippen LogP contribution in [0.15, 0.2) is 41.8 Å². The summed E-state index contributed by atoms with van der Waals surface area (Å²) in [5.41, 5.74) is 0.981. The van der Waals surface area contributed by atoms with Crippen molar-refractivity contribution in [3.8, 4) is 5.75 Å². The van der Waals surface area contributed by atoms with Crippen molar-refractivity contribution in [2.75, 3.05) is 6.61 Å². The van der Waals surface area contributed by atoms with E-state index in [1.165, 1.54) is 11.3 Å². The number of rotatable bonds is 5. The molecule has 1 aliphatic heterocycles. The van der Waals surface area contributed by atoms with E-state index >= 15 is 0 Å². The van der Waals surface area contributed by atoms with Crippen LogP contribution >= 0.6 is 11.3 Å². The minimum absolute atomic E-state index is 0.0148. The Labute approximate surface area is 151 Å². The first-order valence-electron chi connectivity index (χ1n) is 8.42. The number of carbonyl (C=O) groups is 2. The summed E-state index contributed by atoms with van der Waals surface area (Å²) in [6, 6.07) is 10.6. The molecular weight excluding hydrogens is 336 g/mol. The molecule has 2 N–H and O–H groups in total. The van der Waals surface area contributed by atoms with Crippen molar-refractivity contribution >= 4 is 23.2 Å². The summed E-state index contributed by atoms with van der Waals surface area (Å²) in [4.78, 5) is 25.7. The Morgan fingerprint density at radius 1 is 1.20 bits per heavy atom. The zero-order valence-electron chi connectivity index (χ0n) is 14.3. The fraction of sp³-hybridized carbons (Fsp3) is 0.368. The van der Waals surface area contributed by atoms with Crippen LogP contribution in [0.1, 0.15) is 41.5 Å². The predicted octanol–water partition coefficient (Wildman–Crippen LogP) is 3.14. The first kappa shape index (κ1) is 17.5. The number of fused-ring (bicyclic) bond motifs is 1. The molecule has 1 aromatic heterocycles. The van der Waals surface area contributed by atoms with Crippen LogP contribution in [0, 0.1) is 5.92 Å². The maximum Gasteiger partial charge on any atom is 0.262 e. The Morgan fingerprint density at radius 3 is 2.72 bits per heavy atom. The van der Waals surface area contributed by atoms with Crippen LogP contribution in [0.4, 0.5) is 0 Å². The zero-order chi connectivity index (χ0) is 17.8. The fourth-order valence-electron chi connectivity index (χ4n) is 2.91. The second kappa shape index (κ2) is 7.70. The van der Waals surface area contributed by atoms with Crippen molar-refractivity contribution in [1.82, 2.24) is 10.6 Å². The van der Waals surface area contributed by atoms with Crippen LogP contribution in [-0.2, 0) is 4.79 Å². The molecule has 2 heterocycles. The summed E-state index contributed by atoms with van der Waals surface area (Å²) in [6.07, 6.45) is 0.715. The minimum atomic E-state index is -0.579. The van der Waals surface area contributed by atoms with Crippen LogP contribution < -0.4 is 15.4 Å². The summed E-state index contributed by atoms with van der Waals surface area (Å²) in [7, 11) is 0. The molecule has 0 saturated heterocycles. The van der Waals surface area contributed by atoms with Crippen molar-refractivity contribution < 1.29 is 14.3 Å². The van der Waals surface area contributed by atoms with Gasteiger partial charge in [0.25, 0.3) is 5.91 Å². The molecule has 0 bridgehead atoms. The van der Waals surface area contributed by atoms with Gasteiger partial charge >= 0.3 is 0 Å². The lowest BCUT2D eigenvalue weighted by Gasteiger charge is -2.29. The van der Waals surface area contributed by atoms with Crippen molar-refractivity contribution in [2.24, 2.45) is 5.92 Å². The number of para-hydroxylation sites is 1. The molecular formula is C19H22N2O3S. The van der Waals surface area contributed by atoms with E-state index in [4.69, 9.17) is 4.74 Å². The quantitative estimate of drug-likeness (QED) is 0.863. The number of ether oxygens (including phenoxy) is 1. The molecule has 2 amide bonds. The average molecular weight is 358 g/mol. The molecule has 1 aromatic carbocycles. The van der Waals surface area contributed by atoms with E-state index in [0.29, 0.717) is 17.9 Å². The van der Waals surface area contributed by atoms with Gasteiger partial charge in [-0.2, -0.15) is 0 Å². The molecule has 132 valence electrons. The number of thiophene rings is 1. The molecule has 0 radical (unpaired) electrons. The van der Waals surface area contributed by atoms with Gasteiger partial charge < -0.3 is 15.4 Å². The van der Waals surface area contributed by atoms with Crippen LogP contribution in [-0.4, -0.2) is 24.5 Å². The van der Waals surface area contributed by atoms with Gasteiger partial charge in [-0.3, -0.25) is 9.59 Å². The van der Waals surface area contributed by atoms with Gasteiger partial charge in [0, 0.05) is 12.0 Å². The highest BCUT2D eigenvalue weighted by molar-refractivity contribution is 7.12. The predicted molar refractivity (Wildman–Crippen MR) is 97.8 cm³/mol. The fourth-order valence-corrected chi connectivity index (χ4v) is 3.54. The maximum atomic E-state index is 12.8. The van der Waals surface area contributed by atoms with Gasteiger partial charge in [-0.15, -0.1) is 11.3 Å². The SMILES string of the molecule is CC(C)C(NC(=O)c1cccs1)C(=O)NC1CCOc2ccccc21. The molecule has 6 heteroatoms. The minimum Gasteiger partial charge on any atom is -0.493 e. The molecule has 1 aliphatic rings. The lowest BCUT2D eigenvalue weighted by molar-refractivity contribution is -0.124. The monoisotopic (exact) mass is 358 g/mol. The Balaban J connectivity index is 1.71. The van der Waals surface area contributed by atoms with Crippen LogP contribution in [0.3, 0.4) is 0 Å². The molecule has 0 saturated carbocycles. The van der Waals surface area contributed by atoms with Gasteiger partial charge in [-0.05, 0) is 23.4 Å². The van der Waals surface area contributed by atoms with Crippen LogP contribution in [0.2, 0.25) is 0 Å². The van der Waals surface area contributed by atoms with Gasteiger partial charge in [0.15, 0.2) is 0 Å². The first-order chi connectivity index (χ1) is 12.1. The summed E-state index contributed by atoms with van der Waals surface area (Å²) in [5, 5.41) is 7.78. The molecule has 0 spiro atoms. The molecule has 3 rings (SSSR count). The molecule has 0 aliphatic carbocycles. The number of carbonyl (C=O) groups excluding carboxylic acids is 2. The molecule has 5 nitrogen and oxygen atoms in total. The molecule has 2 atom stereocenters. The lowest BCUT2D eigenvalue weighted by Crippen LogP contribution is -2.50. The Bertz CT molecular complexity index is 743. The smallest absolute Gasteiger partial charge is 0.262 e. The number of nitrogens with one attached hydrogen (secondary N) is 2. The van der Waals surface area contributed by atoms with Gasteiger partial charge in [0.1, 0.15) is 11.8 Å². The van der Waals surface area contributed by atoms with E-state index in [0.717, 1.165) is 11.3 Å². The molecule has 2 unspecified atom stereocenters. The van der Waals surface area contributed by atoms with Gasteiger partial charge in [-0.25, -0.2) is 0 Å². The van der Waals surface area contributed by atoms with E-state index in [2.05, 4.69) is 10.6 Å². The Kier molecular flexibility index (Phi) is 5.38. The summed E-state index contributed by atoms with van der Waals surface area (Å²) in [6.45, 7) is 4.42. The summed E-state index contributed by atoms with van der Waals surface area (Å²) < 4.78 is 5.64. The highest BCUT2D eigenvalue weighted by atomic mass is 32.1. The number of amides is 2. The average Bonchev–Trinajstić information content (AvgIpc) is 3.14. The molecule has 25 heavy (non-hydrogen) atoms. The van der Waals surface area contributed by atoms with Crippen LogP contribution in [0.5, 0.6) is 5.75 Å². The third-order valence-corrected chi connectivity index (χ3v) is 5.12. The largest absolute Gasteiger partial charge is 0.493 e. The number of hydrogen-bond donors (Lipinski definition) is 2. The normalized spacial score (nSPS) is 17.3. The van der Waals surface area contributed by atoms with Crippen molar-refractivity contribution in [2.45, 2.75) is 32.4 Å². The maximum absolute atomic E-state index is 12.8. The lowest BCUT2D eigenvalue weighted by atomic mass is 9.98. The second-order valence-corrected chi connectivity index (χ2v) is 7.36. The number of benzene rings is 1. The second-order valence-electron chi connectivity index (χ2n) is 6.41. The molecule has 2 aromatic rings. The standard InChI is InChI=1S/C19H22N2O3S/c1-12(2)17(21-18(22)16-8-5-11-25-16)19(23)20-14-9-10-24-15-7-4-3-6-13(14)15/h3-8,11-12,14,17H,9-10H2,1-2H3,(H,20,23)(H,21,22). The highest BCUT2D eigenvalue weighted by Crippen LogP contribution is 2.31. The molecule has 0 fully saturated rings. The summed E-state index contributed by atoms with van der Waals surface area (Å²) in [5.74, 6) is 0.416. The van der Waals surface area contributed by atoms with Crippen molar-refractivity contribution in [3.63, 3.8) is 0 Å². The Hall–Kier alpha value is -2.34. The Morgan fingerprint density at radius 2 is 2.00 bits per heavy atom. The summed E-state index contributed by atoms with van der Waals surface area (Å²) >= 11 is 1.36. The third kappa shape index (κ3) is 4.02. The van der Waals surface area contributed by atoms with E-state index in [-0.39, 0.29) is 23.8 Å². The van der Waals surface area contributed by atoms with Gasteiger partial charge in [-0.1, -0.05) is 38.1 Å². The topological polar surface area (TPSA) is 67.4 Å². The van der Waals surface area contributed by atoms with Crippen LogP contribution in [0.25, 0.3) is 0 Å². The van der Waals surface area contributed by atoms with Gasteiger partial charge in [0.05, 0.1) is 17.5 Å². The highest BCUT2D eigenvalue weighted by Gasteiger charge is 2.29. The van der Waals surface area contributed by atoms with E-state index in [1.807, 2.05) is 49.6 Å². The van der Waals surface area contributed by atoms with E-state index in [1.54, 1.807) is 6.07 Å². The first-order valence-corrected chi connectivity index (χ1v) is 9.30. The van der Waals surface area contributed by atoms with Crippen molar-refractivity contribution in [1.29, 1.82) is 0 Å². The van der Waals surface area contributed by atoms with Gasteiger partial charge in [0.2, 0.25) is 5.91 Å².